The van der Waals surface area contributed by atoms with Crippen molar-refractivity contribution < 1.29 is 19.5 Å². The van der Waals surface area contributed by atoms with Crippen LogP contribution in [0.15, 0.2) is 43.1 Å². The van der Waals surface area contributed by atoms with Crippen molar-refractivity contribution in [2.24, 2.45) is 5.92 Å². The Morgan fingerprint density at radius 1 is 1.14 bits per heavy atom. The van der Waals surface area contributed by atoms with Gasteiger partial charge in [-0.3, -0.25) is 19.4 Å². The van der Waals surface area contributed by atoms with Gasteiger partial charge in [0.2, 0.25) is 5.91 Å². The molecule has 2 aliphatic carbocycles. The highest BCUT2D eigenvalue weighted by Crippen LogP contribution is 2.46. The first-order valence-electron chi connectivity index (χ1n) is 14.7. The van der Waals surface area contributed by atoms with E-state index in [0.29, 0.717) is 47.7 Å². The Bertz CT molecular complexity index is 1790. The summed E-state index contributed by atoms with van der Waals surface area (Å²) in [6.45, 7) is 1.87. The average molecular weight is 597 g/mol. The van der Waals surface area contributed by atoms with E-state index in [1.54, 1.807) is 12.3 Å². The minimum atomic E-state index is -0.458. The third-order valence-corrected chi connectivity index (χ3v) is 8.29. The number of amides is 4. The summed E-state index contributed by atoms with van der Waals surface area (Å²) >= 11 is 0. The third-order valence-electron chi connectivity index (χ3n) is 8.29. The molecule has 0 aromatic carbocycles. The van der Waals surface area contributed by atoms with Crippen LogP contribution >= 0.6 is 0 Å². The molecular weight excluding hydrogens is 564 g/mol. The lowest BCUT2D eigenvalue weighted by Crippen LogP contribution is -2.35. The van der Waals surface area contributed by atoms with Gasteiger partial charge in [0.1, 0.15) is 30.3 Å². The van der Waals surface area contributed by atoms with Crippen LogP contribution in [0.1, 0.15) is 53.9 Å². The molecule has 2 saturated carbocycles. The number of aromatic nitrogens is 6. The fourth-order valence-electron chi connectivity index (χ4n) is 5.70. The highest BCUT2D eigenvalue weighted by molar-refractivity contribution is 6.13. The Labute approximate surface area is 252 Å². The Balaban J connectivity index is 1.08. The van der Waals surface area contributed by atoms with Gasteiger partial charge in [0.25, 0.3) is 5.91 Å². The number of pyridine rings is 1. The maximum atomic E-state index is 13.1. The number of fused-ring (bicyclic) bond motifs is 1. The normalized spacial score (nSPS) is 19.6. The first kappa shape index (κ1) is 27.8. The second kappa shape index (κ2) is 10.9. The third kappa shape index (κ3) is 5.32. The van der Waals surface area contributed by atoms with Crippen molar-refractivity contribution in [3.05, 3.63) is 65.9 Å². The molecule has 44 heavy (non-hydrogen) atoms. The van der Waals surface area contributed by atoms with Crippen LogP contribution < -0.4 is 15.1 Å². The molecule has 226 valence electrons. The highest BCUT2D eigenvalue weighted by Gasteiger charge is 2.46. The monoisotopic (exact) mass is 596 g/mol. The Morgan fingerprint density at radius 3 is 2.75 bits per heavy atom. The number of hydrogen-bond donors (Lipinski definition) is 2. The predicted molar refractivity (Wildman–Crippen MR) is 159 cm³/mol. The summed E-state index contributed by atoms with van der Waals surface area (Å²) in [5.74, 6) is 1.44. The van der Waals surface area contributed by atoms with Crippen molar-refractivity contribution in [2.45, 2.75) is 44.6 Å². The number of urea groups is 1. The van der Waals surface area contributed by atoms with Gasteiger partial charge in [-0.15, -0.1) is 0 Å². The molecule has 1 aliphatic heterocycles. The molecule has 14 heteroatoms. The maximum Gasteiger partial charge on any atom is 0.331 e. The lowest BCUT2D eigenvalue weighted by Gasteiger charge is -2.18. The molecule has 4 aromatic heterocycles. The molecule has 1 saturated heterocycles. The molecule has 4 aromatic rings. The number of imidazole rings is 1. The zero-order chi connectivity index (χ0) is 30.5. The van der Waals surface area contributed by atoms with Crippen LogP contribution in [0.2, 0.25) is 0 Å². The number of hydrogen-bond acceptors (Lipinski definition) is 10. The molecule has 0 radical (unpaired) electrons. The molecule has 5 heterocycles. The summed E-state index contributed by atoms with van der Waals surface area (Å²) in [5.41, 5.74) is 3.84. The van der Waals surface area contributed by atoms with Crippen LogP contribution in [-0.2, 0) is 16.1 Å². The van der Waals surface area contributed by atoms with Crippen molar-refractivity contribution in [3.8, 4) is 0 Å². The van der Waals surface area contributed by atoms with Crippen LogP contribution in [0.4, 0.5) is 22.1 Å². The summed E-state index contributed by atoms with van der Waals surface area (Å²) in [5, 5.41) is 12.2. The molecule has 0 bridgehead atoms. The zero-order valence-corrected chi connectivity index (χ0v) is 24.4. The smallest absolute Gasteiger partial charge is 0.331 e. The number of anilines is 3. The van der Waals surface area contributed by atoms with E-state index >= 15 is 0 Å². The molecule has 2 unspecified atom stereocenters. The molecule has 2 N–H and O–H groups in total. The largest absolute Gasteiger partial charge is 0.395 e. The first-order chi connectivity index (χ1) is 21.3. The predicted octanol–water partition coefficient (Wildman–Crippen LogP) is 2.24. The van der Waals surface area contributed by atoms with Gasteiger partial charge in [-0.2, -0.15) is 0 Å². The van der Waals surface area contributed by atoms with Gasteiger partial charge >= 0.3 is 6.03 Å². The van der Waals surface area contributed by atoms with Gasteiger partial charge in [-0.1, -0.05) is 0 Å². The minimum Gasteiger partial charge on any atom is -0.395 e. The number of aliphatic hydroxyl groups is 1. The summed E-state index contributed by atoms with van der Waals surface area (Å²) in [6, 6.07) is 5.05. The summed E-state index contributed by atoms with van der Waals surface area (Å²) in [7, 11) is 1.87. The van der Waals surface area contributed by atoms with Gasteiger partial charge in [0.15, 0.2) is 5.65 Å². The molecule has 3 fully saturated rings. The van der Waals surface area contributed by atoms with Gasteiger partial charge < -0.3 is 19.7 Å². The van der Waals surface area contributed by atoms with Crippen molar-refractivity contribution in [1.29, 1.82) is 0 Å². The molecule has 3 aliphatic rings. The van der Waals surface area contributed by atoms with E-state index in [4.69, 9.17) is 4.98 Å². The zero-order valence-electron chi connectivity index (χ0n) is 24.4. The van der Waals surface area contributed by atoms with E-state index in [0.717, 1.165) is 34.7 Å². The fraction of sp³-hybridized carbons (Fsp3) is 0.400. The van der Waals surface area contributed by atoms with Crippen molar-refractivity contribution >= 4 is 40.8 Å². The number of aryl methyl sites for hydroxylation is 1. The lowest BCUT2D eigenvalue weighted by molar-refractivity contribution is -0.125. The molecule has 14 nitrogen and oxygen atoms in total. The number of nitrogens with one attached hydrogen (secondary N) is 1. The number of nitrogens with zero attached hydrogens (tertiary/aromatic N) is 9. The lowest BCUT2D eigenvalue weighted by atomic mass is 10.1. The average Bonchev–Trinajstić information content (AvgIpc) is 3.93. The molecule has 2 atom stereocenters. The summed E-state index contributed by atoms with van der Waals surface area (Å²) < 4.78 is 1.91. The number of aliphatic hydroxyl groups excluding tert-OH is 1. The van der Waals surface area contributed by atoms with Crippen LogP contribution in [0.3, 0.4) is 0 Å². The van der Waals surface area contributed by atoms with E-state index in [2.05, 4.69) is 25.3 Å². The SMILES string of the molecule is Cc1ccnc(C2CC2C(=O)Nc2cc(N(C)Cc3cn4cc(C5CC5)cc(N5CC(=O)N(CCO)C5=O)c4n3)ncn2)n1. The fourth-order valence-corrected chi connectivity index (χ4v) is 5.70. The molecule has 7 rings (SSSR count). The standard InChI is InChI=1S/C30H32N10O4/c1-17-5-6-31-27(34-17)21-10-22(21)29(43)36-24-11-25(33-16-32-24)37(2)13-20-14-38-12-19(18-3-4-18)9-23(28(38)35-20)40-15-26(42)39(7-8-41)30(40)44/h5-6,9,11-12,14,16,18,21-22,41H,3-4,7-8,10,13,15H2,1-2H3,(H,32,33,36,43). The maximum absolute atomic E-state index is 13.1. The number of imide groups is 1. The van der Waals surface area contributed by atoms with E-state index in [-0.39, 0.29) is 43.3 Å². The highest BCUT2D eigenvalue weighted by atomic mass is 16.3. The summed E-state index contributed by atoms with van der Waals surface area (Å²) in [6.07, 6.45) is 9.92. The quantitative estimate of drug-likeness (QED) is 0.260. The van der Waals surface area contributed by atoms with Gasteiger partial charge in [-0.05, 0) is 49.8 Å². The van der Waals surface area contributed by atoms with Crippen LogP contribution in [0.5, 0.6) is 0 Å². The molecular formula is C30H32N10O4. The van der Waals surface area contributed by atoms with Gasteiger partial charge in [0.05, 0.1) is 31.1 Å². The van der Waals surface area contributed by atoms with Crippen LogP contribution in [-0.4, -0.2) is 83.9 Å². The first-order valence-corrected chi connectivity index (χ1v) is 14.7. The second-order valence-electron chi connectivity index (χ2n) is 11.6. The van der Waals surface area contributed by atoms with Crippen LogP contribution in [0.25, 0.3) is 5.65 Å². The van der Waals surface area contributed by atoms with Crippen molar-refractivity contribution in [3.63, 3.8) is 0 Å². The van der Waals surface area contributed by atoms with Crippen LogP contribution in [0, 0.1) is 12.8 Å². The van der Waals surface area contributed by atoms with E-state index < -0.39 is 6.03 Å². The molecule has 4 amide bonds. The summed E-state index contributed by atoms with van der Waals surface area (Å²) in [4.78, 5) is 65.2. The minimum absolute atomic E-state index is 0.00553. The van der Waals surface area contributed by atoms with Gasteiger partial charge in [-0.25, -0.2) is 29.7 Å². The van der Waals surface area contributed by atoms with Crippen molar-refractivity contribution in [2.75, 3.05) is 41.9 Å². The Kier molecular flexibility index (Phi) is 6.92. The topological polar surface area (TPSA) is 162 Å². The molecule has 0 spiro atoms. The number of rotatable bonds is 10. The van der Waals surface area contributed by atoms with Gasteiger partial charge in [0, 0.05) is 49.2 Å². The number of carbonyl (C=O) groups excluding carboxylic acids is 3. The van der Waals surface area contributed by atoms with E-state index in [1.165, 1.54) is 11.2 Å². The van der Waals surface area contributed by atoms with Crippen molar-refractivity contribution in [1.82, 2.24) is 34.2 Å². The number of carbonyl (C=O) groups is 3. The Hall–Kier alpha value is -4.98. The Morgan fingerprint density at radius 2 is 1.98 bits per heavy atom. The van der Waals surface area contributed by atoms with E-state index in [1.807, 2.05) is 47.8 Å². The number of β-amino-alcohol motifs (C(OH)–C–C–N with tert-alkyl or cyclic N) is 1. The van der Waals surface area contributed by atoms with E-state index in [9.17, 15) is 19.5 Å². The second-order valence-corrected chi connectivity index (χ2v) is 11.6.